The zero-order chi connectivity index (χ0) is 28.8. The Bertz CT molecular complexity index is 1970. The minimum atomic E-state index is -0.238. The summed E-state index contributed by atoms with van der Waals surface area (Å²) < 4.78 is 0. The normalized spacial score (nSPS) is 12.8. The minimum absolute atomic E-state index is 0.238. The smallest absolute Gasteiger partial charge is 0.164 e. The van der Waals surface area contributed by atoms with Crippen LogP contribution in [0, 0.1) is 11.3 Å². The van der Waals surface area contributed by atoms with Gasteiger partial charge in [0.1, 0.15) is 0 Å². The van der Waals surface area contributed by atoms with E-state index in [1.807, 2.05) is 84.9 Å². The van der Waals surface area contributed by atoms with Crippen molar-refractivity contribution >= 4 is 11.6 Å². The highest BCUT2D eigenvalue weighted by molar-refractivity contribution is 6.31. The summed E-state index contributed by atoms with van der Waals surface area (Å²) in [4.78, 5) is 14.6. The molecule has 1 aliphatic rings. The summed E-state index contributed by atoms with van der Waals surface area (Å²) in [7, 11) is 0. The Kier molecular flexibility index (Phi) is 6.19. The van der Waals surface area contributed by atoms with Gasteiger partial charge >= 0.3 is 0 Å². The number of benzene rings is 5. The van der Waals surface area contributed by atoms with Crippen LogP contribution in [0.5, 0.6) is 0 Å². The molecule has 0 atom stereocenters. The predicted octanol–water partition coefficient (Wildman–Crippen LogP) is 9.37. The Morgan fingerprint density at radius 3 is 1.67 bits per heavy atom. The lowest BCUT2D eigenvalue weighted by Gasteiger charge is -2.22. The van der Waals surface area contributed by atoms with E-state index >= 15 is 0 Å². The van der Waals surface area contributed by atoms with Crippen molar-refractivity contribution in [3.05, 3.63) is 137 Å². The molecule has 0 N–H and O–H groups in total. The molecule has 0 aliphatic heterocycles. The van der Waals surface area contributed by atoms with Crippen molar-refractivity contribution in [2.24, 2.45) is 0 Å². The predicted molar refractivity (Wildman–Crippen MR) is 169 cm³/mol. The van der Waals surface area contributed by atoms with Crippen molar-refractivity contribution in [1.29, 1.82) is 5.26 Å². The topological polar surface area (TPSA) is 62.5 Å². The van der Waals surface area contributed by atoms with Gasteiger partial charge in [0.25, 0.3) is 0 Å². The van der Waals surface area contributed by atoms with Crippen LogP contribution >= 0.6 is 11.6 Å². The number of nitrogens with zero attached hydrogens (tertiary/aromatic N) is 4. The van der Waals surface area contributed by atoms with Gasteiger partial charge in [-0.3, -0.25) is 0 Å². The maximum Gasteiger partial charge on any atom is 0.164 e. The average molecular weight is 561 g/mol. The van der Waals surface area contributed by atoms with Gasteiger partial charge in [0.05, 0.1) is 11.6 Å². The molecule has 1 heterocycles. The van der Waals surface area contributed by atoms with E-state index in [-0.39, 0.29) is 5.41 Å². The van der Waals surface area contributed by atoms with Gasteiger partial charge in [-0.2, -0.15) is 5.26 Å². The lowest BCUT2D eigenvalue weighted by Crippen LogP contribution is -2.15. The highest BCUT2D eigenvalue weighted by atomic mass is 35.5. The van der Waals surface area contributed by atoms with E-state index in [1.165, 1.54) is 22.3 Å². The Morgan fingerprint density at radius 1 is 0.548 bits per heavy atom. The monoisotopic (exact) mass is 560 g/mol. The molecular formula is C37H25ClN4. The molecule has 1 aromatic heterocycles. The molecule has 0 radical (unpaired) electrons. The fourth-order valence-corrected chi connectivity index (χ4v) is 6.04. The fraction of sp³-hybridized carbons (Fsp3) is 0.0811. The molecule has 5 heteroatoms. The first-order valence-corrected chi connectivity index (χ1v) is 14.2. The van der Waals surface area contributed by atoms with E-state index in [1.54, 1.807) is 0 Å². The zero-order valence-corrected chi connectivity index (χ0v) is 23.9. The highest BCUT2D eigenvalue weighted by Gasteiger charge is 2.35. The van der Waals surface area contributed by atoms with E-state index < -0.39 is 0 Å². The molecule has 5 aromatic carbocycles. The van der Waals surface area contributed by atoms with Crippen LogP contribution in [-0.4, -0.2) is 15.0 Å². The van der Waals surface area contributed by atoms with Crippen molar-refractivity contribution in [3.8, 4) is 62.5 Å². The van der Waals surface area contributed by atoms with Gasteiger partial charge in [-0.1, -0.05) is 104 Å². The third-order valence-corrected chi connectivity index (χ3v) is 8.21. The molecule has 42 heavy (non-hydrogen) atoms. The summed E-state index contributed by atoms with van der Waals surface area (Å²) in [6.07, 6.45) is 0. The van der Waals surface area contributed by atoms with Gasteiger partial charge < -0.3 is 0 Å². The molecule has 0 unspecified atom stereocenters. The molecule has 0 fully saturated rings. The van der Waals surface area contributed by atoms with Crippen LogP contribution in [-0.2, 0) is 5.41 Å². The maximum atomic E-state index is 9.48. The third kappa shape index (κ3) is 4.45. The Hall–Kier alpha value is -5.11. The summed E-state index contributed by atoms with van der Waals surface area (Å²) in [6, 6.07) is 40.7. The highest BCUT2D eigenvalue weighted by Crippen LogP contribution is 2.50. The number of hydrogen-bond donors (Lipinski definition) is 0. The standard InChI is InChI=1S/C37H25ClN4/c1-37(2)32-17-23(22-39)13-15-30(32)31-16-14-26(21-33(31)37)27-18-28(20-29(38)19-27)36-41-34(24-9-5-3-6-10-24)40-35(42-36)25-11-7-4-8-12-25/h3-21H,1-2H3. The van der Waals surface area contributed by atoms with Crippen molar-refractivity contribution in [2.45, 2.75) is 19.3 Å². The molecule has 4 nitrogen and oxygen atoms in total. The number of fused-ring (bicyclic) bond motifs is 3. The van der Waals surface area contributed by atoms with E-state index in [9.17, 15) is 5.26 Å². The molecule has 200 valence electrons. The lowest BCUT2D eigenvalue weighted by molar-refractivity contribution is 0.660. The lowest BCUT2D eigenvalue weighted by atomic mass is 9.81. The maximum absolute atomic E-state index is 9.48. The molecule has 0 bridgehead atoms. The summed E-state index contributed by atoms with van der Waals surface area (Å²) in [5, 5.41) is 10.1. The van der Waals surface area contributed by atoms with Crippen LogP contribution in [0.25, 0.3) is 56.4 Å². The SMILES string of the molecule is CC1(C)c2cc(C#N)ccc2-c2ccc(-c3cc(Cl)cc(-c4nc(-c5ccccc5)nc(-c5ccccc5)n4)c3)cc21. The quantitative estimate of drug-likeness (QED) is 0.215. The second-order valence-corrected chi connectivity index (χ2v) is 11.5. The van der Waals surface area contributed by atoms with Gasteiger partial charge in [-0.05, 0) is 69.8 Å². The Balaban J connectivity index is 1.35. The van der Waals surface area contributed by atoms with Crippen LogP contribution in [0.2, 0.25) is 5.02 Å². The number of nitriles is 1. The minimum Gasteiger partial charge on any atom is -0.208 e. The first-order chi connectivity index (χ1) is 20.4. The van der Waals surface area contributed by atoms with Crippen LogP contribution in [0.3, 0.4) is 0 Å². The fourth-order valence-electron chi connectivity index (χ4n) is 5.81. The molecule has 0 saturated heterocycles. The second-order valence-electron chi connectivity index (χ2n) is 11.0. The molecule has 0 spiro atoms. The molecule has 6 aromatic rings. The van der Waals surface area contributed by atoms with E-state index in [0.29, 0.717) is 28.1 Å². The first kappa shape index (κ1) is 25.8. The number of hydrogen-bond acceptors (Lipinski definition) is 4. The van der Waals surface area contributed by atoms with E-state index in [2.05, 4.69) is 50.2 Å². The van der Waals surface area contributed by atoms with Gasteiger partial charge in [-0.15, -0.1) is 0 Å². The Labute approximate surface area is 250 Å². The molecule has 0 saturated carbocycles. The van der Waals surface area contributed by atoms with Crippen LogP contribution in [0.15, 0.2) is 115 Å². The summed E-state index contributed by atoms with van der Waals surface area (Å²) >= 11 is 6.74. The van der Waals surface area contributed by atoms with Gasteiger partial charge in [-0.25, -0.2) is 15.0 Å². The molecular weight excluding hydrogens is 536 g/mol. The van der Waals surface area contributed by atoms with Crippen molar-refractivity contribution in [1.82, 2.24) is 15.0 Å². The zero-order valence-electron chi connectivity index (χ0n) is 23.1. The van der Waals surface area contributed by atoms with Crippen molar-refractivity contribution in [3.63, 3.8) is 0 Å². The van der Waals surface area contributed by atoms with Crippen molar-refractivity contribution in [2.75, 3.05) is 0 Å². The largest absolute Gasteiger partial charge is 0.208 e. The molecule has 0 amide bonds. The van der Waals surface area contributed by atoms with Gasteiger partial charge in [0.2, 0.25) is 0 Å². The van der Waals surface area contributed by atoms with Crippen LogP contribution in [0.1, 0.15) is 30.5 Å². The number of aromatic nitrogens is 3. The van der Waals surface area contributed by atoms with Crippen LogP contribution < -0.4 is 0 Å². The van der Waals surface area contributed by atoms with E-state index in [0.717, 1.165) is 27.8 Å². The summed E-state index contributed by atoms with van der Waals surface area (Å²) in [5.41, 5.74) is 9.90. The van der Waals surface area contributed by atoms with Gasteiger partial charge in [0, 0.05) is 27.1 Å². The molecule has 7 rings (SSSR count). The van der Waals surface area contributed by atoms with E-state index in [4.69, 9.17) is 26.6 Å². The van der Waals surface area contributed by atoms with Gasteiger partial charge in [0.15, 0.2) is 17.5 Å². The number of rotatable bonds is 4. The first-order valence-electron chi connectivity index (χ1n) is 13.8. The average Bonchev–Trinajstić information content (AvgIpc) is 3.26. The summed E-state index contributed by atoms with van der Waals surface area (Å²) in [5.74, 6) is 1.77. The Morgan fingerprint density at radius 2 is 1.07 bits per heavy atom. The van der Waals surface area contributed by atoms with Crippen molar-refractivity contribution < 1.29 is 0 Å². The summed E-state index contributed by atoms with van der Waals surface area (Å²) in [6.45, 7) is 4.43. The number of halogens is 1. The molecule has 1 aliphatic carbocycles. The third-order valence-electron chi connectivity index (χ3n) is 7.99. The second kappa shape index (κ2) is 10.1. The van der Waals surface area contributed by atoms with Crippen LogP contribution in [0.4, 0.5) is 0 Å².